The highest BCUT2D eigenvalue weighted by Gasteiger charge is 2.16. The molecule has 0 unspecified atom stereocenters. The third-order valence-electron chi connectivity index (χ3n) is 2.76. The Bertz CT molecular complexity index is 451. The highest BCUT2D eigenvalue weighted by Crippen LogP contribution is 2.27. The van der Waals surface area contributed by atoms with Crippen LogP contribution in [0.5, 0.6) is 0 Å². The van der Waals surface area contributed by atoms with Crippen molar-refractivity contribution in [3.8, 4) is 0 Å². The van der Waals surface area contributed by atoms with Crippen LogP contribution in [0, 0.1) is 0 Å². The van der Waals surface area contributed by atoms with Gasteiger partial charge in [0.1, 0.15) is 0 Å². The van der Waals surface area contributed by atoms with E-state index in [0.29, 0.717) is 10.6 Å². The summed E-state index contributed by atoms with van der Waals surface area (Å²) in [4.78, 5) is 12.2. The number of hydrogen-bond acceptors (Lipinski definition) is 1. The summed E-state index contributed by atoms with van der Waals surface area (Å²) in [6.45, 7) is 0. The van der Waals surface area contributed by atoms with Crippen molar-refractivity contribution in [1.82, 2.24) is 0 Å². The molecule has 0 aliphatic heterocycles. The van der Waals surface area contributed by atoms with Gasteiger partial charge in [-0.1, -0.05) is 33.6 Å². The van der Waals surface area contributed by atoms with Gasteiger partial charge in [-0.3, -0.25) is 4.79 Å². The van der Waals surface area contributed by atoms with Gasteiger partial charge in [-0.15, -0.1) is 0 Å². The summed E-state index contributed by atoms with van der Waals surface area (Å²) in [5.74, 6) is 0.0807. The lowest BCUT2D eigenvalue weighted by Crippen LogP contribution is -2.07. The molecular weight excluding hydrogens is 287 g/mol. The highest BCUT2D eigenvalue weighted by atomic mass is 79.9. The molecule has 1 aromatic rings. The summed E-state index contributed by atoms with van der Waals surface area (Å²) in [6.07, 6.45) is 6.22. The second-order valence-corrected chi connectivity index (χ2v) is 5.25. The molecule has 0 spiro atoms. The van der Waals surface area contributed by atoms with Crippen LogP contribution < -0.4 is 0 Å². The molecule has 16 heavy (non-hydrogen) atoms. The maximum absolute atomic E-state index is 12.2. The lowest BCUT2D eigenvalue weighted by atomic mass is 9.93. The summed E-state index contributed by atoms with van der Waals surface area (Å²) in [5, 5.41) is 0.519. The van der Waals surface area contributed by atoms with Crippen molar-refractivity contribution >= 4 is 33.3 Å². The minimum atomic E-state index is 0.0807. The van der Waals surface area contributed by atoms with Gasteiger partial charge in [0.25, 0.3) is 0 Å². The van der Waals surface area contributed by atoms with Crippen molar-refractivity contribution in [3.05, 3.63) is 44.9 Å². The Labute approximate surface area is 109 Å². The van der Waals surface area contributed by atoms with Crippen molar-refractivity contribution in [2.45, 2.75) is 25.7 Å². The molecule has 3 heteroatoms. The molecule has 0 heterocycles. The monoisotopic (exact) mass is 298 g/mol. The SMILES string of the molecule is O=C(C1=CCCCC1)c1ccc(Br)cc1Cl. The lowest BCUT2D eigenvalue weighted by Gasteiger charge is -2.12. The summed E-state index contributed by atoms with van der Waals surface area (Å²) in [6, 6.07) is 5.39. The molecule has 0 atom stereocenters. The van der Waals surface area contributed by atoms with E-state index in [1.54, 1.807) is 12.1 Å². The second-order valence-electron chi connectivity index (χ2n) is 3.93. The standard InChI is InChI=1S/C13H12BrClO/c14-10-6-7-11(12(15)8-10)13(16)9-4-2-1-3-5-9/h4,6-8H,1-3,5H2. The van der Waals surface area contributed by atoms with E-state index < -0.39 is 0 Å². The number of ketones is 1. The first-order chi connectivity index (χ1) is 7.68. The van der Waals surface area contributed by atoms with Gasteiger partial charge in [0.05, 0.1) is 5.02 Å². The zero-order chi connectivity index (χ0) is 11.5. The Hall–Kier alpha value is -0.600. The lowest BCUT2D eigenvalue weighted by molar-refractivity contribution is 0.102. The average Bonchev–Trinajstić information content (AvgIpc) is 2.29. The third kappa shape index (κ3) is 2.55. The fourth-order valence-electron chi connectivity index (χ4n) is 1.89. The van der Waals surface area contributed by atoms with Gasteiger partial charge in [-0.25, -0.2) is 0 Å². The van der Waals surface area contributed by atoms with Crippen LogP contribution in [0.4, 0.5) is 0 Å². The predicted octanol–water partition coefficient (Wildman–Crippen LogP) is 4.79. The van der Waals surface area contributed by atoms with Crippen LogP contribution in [-0.4, -0.2) is 5.78 Å². The minimum Gasteiger partial charge on any atom is -0.289 e. The molecule has 84 valence electrons. The van der Waals surface area contributed by atoms with Gasteiger partial charge < -0.3 is 0 Å². The number of rotatable bonds is 2. The van der Waals surface area contributed by atoms with Crippen molar-refractivity contribution in [2.24, 2.45) is 0 Å². The van der Waals surface area contributed by atoms with Crippen molar-refractivity contribution in [2.75, 3.05) is 0 Å². The fourth-order valence-corrected chi connectivity index (χ4v) is 2.65. The minimum absolute atomic E-state index is 0.0807. The van der Waals surface area contributed by atoms with E-state index >= 15 is 0 Å². The zero-order valence-corrected chi connectivity index (χ0v) is 11.1. The first-order valence-electron chi connectivity index (χ1n) is 5.37. The number of halogens is 2. The molecule has 0 N–H and O–H groups in total. The number of carbonyl (C=O) groups is 1. The molecule has 0 saturated carbocycles. The fraction of sp³-hybridized carbons (Fsp3) is 0.308. The summed E-state index contributed by atoms with van der Waals surface area (Å²) >= 11 is 9.40. The topological polar surface area (TPSA) is 17.1 Å². The van der Waals surface area contributed by atoms with E-state index in [0.717, 1.165) is 29.3 Å². The molecule has 1 aliphatic rings. The number of carbonyl (C=O) groups excluding carboxylic acids is 1. The van der Waals surface area contributed by atoms with Gasteiger partial charge in [0, 0.05) is 10.0 Å². The molecule has 0 fully saturated rings. The van der Waals surface area contributed by atoms with Crippen LogP contribution in [0.3, 0.4) is 0 Å². The smallest absolute Gasteiger partial charge is 0.190 e. The molecule has 0 amide bonds. The third-order valence-corrected chi connectivity index (χ3v) is 3.56. The number of benzene rings is 1. The molecule has 0 bridgehead atoms. The van der Waals surface area contributed by atoms with Gasteiger partial charge in [0.15, 0.2) is 5.78 Å². The van der Waals surface area contributed by atoms with Crippen molar-refractivity contribution in [3.63, 3.8) is 0 Å². The van der Waals surface area contributed by atoms with Crippen LogP contribution in [0.25, 0.3) is 0 Å². The molecule has 0 aromatic heterocycles. The molecular formula is C13H12BrClO. The van der Waals surface area contributed by atoms with Gasteiger partial charge >= 0.3 is 0 Å². The first-order valence-corrected chi connectivity index (χ1v) is 6.54. The van der Waals surface area contributed by atoms with Crippen molar-refractivity contribution < 1.29 is 4.79 Å². The van der Waals surface area contributed by atoms with E-state index in [-0.39, 0.29) is 5.78 Å². The molecule has 2 rings (SSSR count). The average molecular weight is 300 g/mol. The van der Waals surface area contributed by atoms with Crippen LogP contribution in [0.15, 0.2) is 34.3 Å². The van der Waals surface area contributed by atoms with Crippen LogP contribution in [0.2, 0.25) is 5.02 Å². The second kappa shape index (κ2) is 5.15. The largest absolute Gasteiger partial charge is 0.289 e. The van der Waals surface area contributed by atoms with Crippen LogP contribution in [0.1, 0.15) is 36.0 Å². The Kier molecular flexibility index (Phi) is 3.82. The van der Waals surface area contributed by atoms with E-state index in [4.69, 9.17) is 11.6 Å². The van der Waals surface area contributed by atoms with E-state index in [2.05, 4.69) is 15.9 Å². The Morgan fingerprint density at radius 2 is 2.12 bits per heavy atom. The molecule has 0 radical (unpaired) electrons. The Morgan fingerprint density at radius 1 is 1.31 bits per heavy atom. The zero-order valence-electron chi connectivity index (χ0n) is 8.80. The maximum Gasteiger partial charge on any atom is 0.190 e. The summed E-state index contributed by atoms with van der Waals surface area (Å²) < 4.78 is 0.895. The number of allylic oxidation sites excluding steroid dienone is 2. The normalized spacial score (nSPS) is 15.8. The Morgan fingerprint density at radius 3 is 2.75 bits per heavy atom. The summed E-state index contributed by atoms with van der Waals surface area (Å²) in [7, 11) is 0. The highest BCUT2D eigenvalue weighted by molar-refractivity contribution is 9.10. The molecule has 0 saturated heterocycles. The van der Waals surface area contributed by atoms with Crippen LogP contribution in [-0.2, 0) is 0 Å². The first kappa shape index (κ1) is 11.9. The molecule has 1 aromatic carbocycles. The van der Waals surface area contributed by atoms with E-state index in [1.807, 2.05) is 12.1 Å². The quantitative estimate of drug-likeness (QED) is 0.718. The van der Waals surface area contributed by atoms with Gasteiger partial charge in [-0.05, 0) is 49.5 Å². The van der Waals surface area contributed by atoms with Gasteiger partial charge in [-0.2, -0.15) is 0 Å². The number of Topliss-reactive ketones (excluding diaryl/α,β-unsaturated/α-hetero) is 1. The van der Waals surface area contributed by atoms with Crippen molar-refractivity contribution in [1.29, 1.82) is 0 Å². The van der Waals surface area contributed by atoms with Crippen LogP contribution >= 0.6 is 27.5 Å². The maximum atomic E-state index is 12.2. The Balaban J connectivity index is 2.30. The molecule has 1 nitrogen and oxygen atoms in total. The molecule has 1 aliphatic carbocycles. The van der Waals surface area contributed by atoms with Gasteiger partial charge in [0.2, 0.25) is 0 Å². The van der Waals surface area contributed by atoms with E-state index in [9.17, 15) is 4.79 Å². The summed E-state index contributed by atoms with van der Waals surface area (Å²) in [5.41, 5.74) is 1.52. The van der Waals surface area contributed by atoms with E-state index in [1.165, 1.54) is 6.42 Å². The number of hydrogen-bond donors (Lipinski definition) is 0. The predicted molar refractivity (Wildman–Crippen MR) is 70.0 cm³/mol.